The van der Waals surface area contributed by atoms with Crippen molar-refractivity contribution in [3.05, 3.63) is 203 Å². The third-order valence-electron chi connectivity index (χ3n) is 11.5. The number of aryl methyl sites for hydroxylation is 3. The van der Waals surface area contributed by atoms with E-state index in [9.17, 15) is 4.79 Å². The molecule has 9 aromatic rings. The second kappa shape index (κ2) is 13.0. The van der Waals surface area contributed by atoms with Crippen LogP contribution in [-0.2, 0) is 0 Å². The number of aromatic nitrogens is 1. The van der Waals surface area contributed by atoms with Crippen LogP contribution in [0.3, 0.4) is 0 Å². The van der Waals surface area contributed by atoms with Crippen LogP contribution in [0.25, 0.3) is 72.0 Å². The van der Waals surface area contributed by atoms with Gasteiger partial charge in [0, 0.05) is 16.5 Å². The highest BCUT2D eigenvalue weighted by molar-refractivity contribution is 6.99. The summed E-state index contributed by atoms with van der Waals surface area (Å²) >= 11 is 0. The van der Waals surface area contributed by atoms with Crippen molar-refractivity contribution < 1.29 is 0 Å². The molecule has 1 aliphatic rings. The van der Waals surface area contributed by atoms with Gasteiger partial charge < -0.3 is 4.57 Å². The van der Waals surface area contributed by atoms with Gasteiger partial charge in [-0.3, -0.25) is 4.79 Å². The van der Waals surface area contributed by atoms with Crippen LogP contribution in [0.2, 0.25) is 0 Å². The van der Waals surface area contributed by atoms with Crippen LogP contribution in [0.5, 0.6) is 0 Å². The topological polar surface area (TPSA) is 22.0 Å². The van der Waals surface area contributed by atoms with Gasteiger partial charge in [0.2, 0.25) is 6.71 Å². The number of benzene rings is 8. The van der Waals surface area contributed by atoms with Crippen LogP contribution in [0.4, 0.5) is 0 Å². The molecule has 0 saturated carbocycles. The smallest absolute Gasteiger partial charge is 0.248 e. The molecule has 2 nitrogen and oxygen atoms in total. The largest absolute Gasteiger partial charge is 0.310 e. The van der Waals surface area contributed by atoms with Crippen molar-refractivity contribution in [3.8, 4) is 50.2 Å². The van der Waals surface area contributed by atoms with Crippen LogP contribution < -0.4 is 21.8 Å². The van der Waals surface area contributed by atoms with Crippen LogP contribution in [-0.4, -0.2) is 11.3 Å². The Morgan fingerprint density at radius 2 is 1.02 bits per heavy atom. The molecule has 260 valence electrons. The van der Waals surface area contributed by atoms with Crippen LogP contribution in [0.1, 0.15) is 16.7 Å². The summed E-state index contributed by atoms with van der Waals surface area (Å²) in [6.07, 6.45) is 0. The van der Waals surface area contributed by atoms with Gasteiger partial charge in [-0.25, -0.2) is 0 Å². The van der Waals surface area contributed by atoms with Crippen LogP contribution in [0.15, 0.2) is 181 Å². The van der Waals surface area contributed by atoms with Gasteiger partial charge in [0.15, 0.2) is 5.43 Å². The van der Waals surface area contributed by atoms with E-state index in [1.54, 1.807) is 0 Å². The van der Waals surface area contributed by atoms with Crippen molar-refractivity contribution >= 4 is 44.9 Å². The number of hydrogen-bond acceptors (Lipinski definition) is 1. The molecule has 3 heteroatoms. The lowest BCUT2D eigenvalue weighted by Crippen LogP contribution is -2.57. The maximum absolute atomic E-state index is 14.4. The Kier molecular flexibility index (Phi) is 7.78. The first-order chi connectivity index (χ1) is 27.0. The number of hydrogen-bond donors (Lipinski definition) is 0. The summed E-state index contributed by atoms with van der Waals surface area (Å²) in [5.74, 6) is 0. The van der Waals surface area contributed by atoms with Crippen molar-refractivity contribution in [1.82, 2.24) is 4.57 Å². The highest BCUT2D eigenvalue weighted by atomic mass is 16.1. The Bertz CT molecular complexity index is 2940. The van der Waals surface area contributed by atoms with E-state index < -0.39 is 0 Å². The molecule has 0 fully saturated rings. The predicted molar refractivity (Wildman–Crippen MR) is 234 cm³/mol. The number of rotatable bonds is 5. The zero-order chi connectivity index (χ0) is 37.2. The molecule has 0 N–H and O–H groups in total. The predicted octanol–water partition coefficient (Wildman–Crippen LogP) is 10.6. The monoisotopic (exact) mass is 703 g/mol. The summed E-state index contributed by atoms with van der Waals surface area (Å²) in [5, 5.41) is 1.47. The quantitative estimate of drug-likeness (QED) is 0.129. The zero-order valence-corrected chi connectivity index (χ0v) is 31.2. The molecule has 0 amide bonds. The first kappa shape index (κ1) is 32.9. The number of fused-ring (bicyclic) bond motifs is 4. The van der Waals surface area contributed by atoms with Crippen molar-refractivity contribution in [3.63, 3.8) is 0 Å². The van der Waals surface area contributed by atoms with Gasteiger partial charge in [0.25, 0.3) is 0 Å². The normalized spacial score (nSPS) is 11.9. The molecular formula is C52H38BNO. The van der Waals surface area contributed by atoms with Crippen molar-refractivity contribution in [1.29, 1.82) is 0 Å². The fraction of sp³-hybridized carbons (Fsp3) is 0.0577. The van der Waals surface area contributed by atoms with Gasteiger partial charge in [-0.15, -0.1) is 0 Å². The molecule has 0 atom stereocenters. The summed E-state index contributed by atoms with van der Waals surface area (Å²) in [6, 6.07) is 63.1. The highest BCUT2D eigenvalue weighted by Crippen LogP contribution is 2.36. The van der Waals surface area contributed by atoms with Gasteiger partial charge in [0.05, 0.1) is 11.0 Å². The average molecular weight is 704 g/mol. The minimum atomic E-state index is -0.194. The Morgan fingerprint density at radius 1 is 0.455 bits per heavy atom. The van der Waals surface area contributed by atoms with E-state index in [4.69, 9.17) is 0 Å². The third kappa shape index (κ3) is 5.30. The van der Waals surface area contributed by atoms with Crippen LogP contribution in [0, 0.1) is 20.8 Å². The van der Waals surface area contributed by atoms with Gasteiger partial charge in [0.1, 0.15) is 0 Å². The van der Waals surface area contributed by atoms with E-state index in [0.29, 0.717) is 0 Å². The maximum Gasteiger partial charge on any atom is 0.248 e. The molecule has 1 aromatic heterocycles. The second-order valence-electron chi connectivity index (χ2n) is 15.0. The lowest BCUT2D eigenvalue weighted by molar-refractivity contribution is 1.17. The molecule has 0 aliphatic carbocycles. The maximum atomic E-state index is 14.4. The third-order valence-corrected chi connectivity index (χ3v) is 11.5. The molecule has 0 unspecified atom stereocenters. The van der Waals surface area contributed by atoms with E-state index >= 15 is 0 Å². The van der Waals surface area contributed by atoms with E-state index in [2.05, 4.69) is 177 Å². The molecule has 2 heterocycles. The molecule has 55 heavy (non-hydrogen) atoms. The van der Waals surface area contributed by atoms with Crippen molar-refractivity contribution in [2.75, 3.05) is 0 Å². The standard InChI is InChI=1S/C52H38BNO/c1-33-28-34(2)49(35(3)29-33)39-26-27-48-46(32-39)53(45-24-15-23-42-51(45)54(48)47-25-14-13-22-41(47)52(42)55)50-43(37-18-9-5-10-19-37)30-40(36-16-7-4-8-17-36)31-44(50)38-20-11-6-12-21-38/h4-32H,1-3H3. The number of pyridine rings is 1. The molecule has 10 rings (SSSR count). The fourth-order valence-electron chi connectivity index (χ4n) is 9.34. The molecule has 0 saturated heterocycles. The van der Waals surface area contributed by atoms with Crippen LogP contribution >= 0.6 is 0 Å². The summed E-state index contributed by atoms with van der Waals surface area (Å²) < 4.78 is 2.36. The lowest BCUT2D eigenvalue weighted by atomic mass is 9.33. The molecule has 8 aromatic carbocycles. The molecule has 1 aliphatic heterocycles. The van der Waals surface area contributed by atoms with E-state index in [1.807, 2.05) is 24.3 Å². The van der Waals surface area contributed by atoms with Gasteiger partial charge in [-0.2, -0.15) is 0 Å². The second-order valence-corrected chi connectivity index (χ2v) is 15.0. The summed E-state index contributed by atoms with van der Waals surface area (Å²) in [7, 11) is 0. The van der Waals surface area contributed by atoms with Gasteiger partial charge in [-0.1, -0.05) is 151 Å². The first-order valence-electron chi connectivity index (χ1n) is 19.1. The summed E-state index contributed by atoms with van der Waals surface area (Å²) in [4.78, 5) is 14.4. The summed E-state index contributed by atoms with van der Waals surface area (Å²) in [5.41, 5.74) is 19.9. The minimum Gasteiger partial charge on any atom is -0.310 e. The molecule has 0 spiro atoms. The molecule has 0 radical (unpaired) electrons. The number of para-hydroxylation sites is 2. The van der Waals surface area contributed by atoms with Crippen molar-refractivity contribution in [2.45, 2.75) is 20.8 Å². The Hall–Kier alpha value is -6.71. The fourth-order valence-corrected chi connectivity index (χ4v) is 9.34. The van der Waals surface area contributed by atoms with E-state index in [0.717, 1.165) is 44.1 Å². The zero-order valence-electron chi connectivity index (χ0n) is 31.2. The Balaban J connectivity index is 1.40. The average Bonchev–Trinajstić information content (AvgIpc) is 3.22. The van der Waals surface area contributed by atoms with Gasteiger partial charge >= 0.3 is 0 Å². The first-order valence-corrected chi connectivity index (χ1v) is 19.1. The van der Waals surface area contributed by atoms with Crippen molar-refractivity contribution in [2.24, 2.45) is 0 Å². The Labute approximate surface area is 322 Å². The SMILES string of the molecule is Cc1cc(C)c(-c2ccc3c(c2)B(c2c(-c4ccccc4)cc(-c4ccccc4)cc2-c2ccccc2)c2cccc4c(=O)c5ccccc5n-3c24)c(C)c1. The molecular weight excluding hydrogens is 665 g/mol. The Morgan fingerprint density at radius 3 is 1.65 bits per heavy atom. The minimum absolute atomic E-state index is 0.0689. The highest BCUT2D eigenvalue weighted by Gasteiger charge is 2.37. The van der Waals surface area contributed by atoms with Gasteiger partial charge in [-0.05, 0) is 124 Å². The van der Waals surface area contributed by atoms with E-state index in [-0.39, 0.29) is 12.1 Å². The van der Waals surface area contributed by atoms with E-state index in [1.165, 1.54) is 61.0 Å². The lowest BCUT2D eigenvalue weighted by Gasteiger charge is -2.33. The molecule has 0 bridgehead atoms. The number of nitrogens with zero attached hydrogens (tertiary/aromatic N) is 1. The summed E-state index contributed by atoms with van der Waals surface area (Å²) in [6.45, 7) is 6.43.